The van der Waals surface area contributed by atoms with Crippen LogP contribution in [0.1, 0.15) is 15.9 Å². The van der Waals surface area contributed by atoms with E-state index in [-0.39, 0.29) is 11.7 Å². The molecular formula is C18H14ClNO2. The highest BCUT2D eigenvalue weighted by atomic mass is 35.5. The van der Waals surface area contributed by atoms with Crippen LogP contribution in [-0.2, 0) is 4.79 Å². The van der Waals surface area contributed by atoms with Crippen LogP contribution < -0.4 is 5.32 Å². The van der Waals surface area contributed by atoms with Crippen LogP contribution in [0.25, 0.3) is 6.08 Å². The molecule has 2 aromatic rings. The number of carbonyl (C=O) groups excluding carboxylic acids is 2. The molecule has 0 aliphatic heterocycles. The number of rotatable bonds is 5. The molecule has 3 nitrogen and oxygen atoms in total. The summed E-state index contributed by atoms with van der Waals surface area (Å²) in [6.45, 7) is 3.38. The first-order valence-corrected chi connectivity index (χ1v) is 6.98. The lowest BCUT2D eigenvalue weighted by Gasteiger charge is -2.02. The smallest absolute Gasteiger partial charge is 0.247 e. The normalized spacial score (nSPS) is 10.4. The van der Waals surface area contributed by atoms with E-state index in [0.29, 0.717) is 16.3 Å². The number of hydrogen-bond donors (Lipinski definition) is 1. The standard InChI is InChI=1S/C18H14ClNO2/c1-2-18(22)20-15-10-7-14(8-11-15)17(21)12-9-13-5-3-4-6-16(13)19/h2-12H,1H2,(H,20,22)/b12-9+. The lowest BCUT2D eigenvalue weighted by molar-refractivity contribution is -0.111. The predicted octanol–water partition coefficient (Wildman–Crippen LogP) is 4.36. The summed E-state index contributed by atoms with van der Waals surface area (Å²) in [5, 5.41) is 3.21. The lowest BCUT2D eigenvalue weighted by Crippen LogP contribution is -2.07. The SMILES string of the molecule is C=CC(=O)Nc1ccc(C(=O)/C=C/c2ccccc2Cl)cc1. The van der Waals surface area contributed by atoms with Crippen molar-refractivity contribution in [3.63, 3.8) is 0 Å². The van der Waals surface area contributed by atoms with Crippen molar-refractivity contribution in [3.8, 4) is 0 Å². The second-order valence-corrected chi connectivity index (χ2v) is 4.90. The number of allylic oxidation sites excluding steroid dienone is 1. The highest BCUT2D eigenvalue weighted by Crippen LogP contribution is 2.17. The predicted molar refractivity (Wildman–Crippen MR) is 90.1 cm³/mol. The van der Waals surface area contributed by atoms with Crippen molar-refractivity contribution >= 4 is 35.1 Å². The third kappa shape index (κ3) is 4.17. The molecule has 110 valence electrons. The lowest BCUT2D eigenvalue weighted by atomic mass is 10.1. The highest BCUT2D eigenvalue weighted by Gasteiger charge is 2.03. The topological polar surface area (TPSA) is 46.2 Å². The first kappa shape index (κ1) is 15.7. The molecule has 0 saturated heterocycles. The molecule has 0 aromatic heterocycles. The van der Waals surface area contributed by atoms with Gasteiger partial charge in [-0.2, -0.15) is 0 Å². The Morgan fingerprint density at radius 2 is 1.73 bits per heavy atom. The van der Waals surface area contributed by atoms with Gasteiger partial charge in [-0.15, -0.1) is 0 Å². The van der Waals surface area contributed by atoms with Crippen molar-refractivity contribution in [2.24, 2.45) is 0 Å². The summed E-state index contributed by atoms with van der Waals surface area (Å²) in [5.74, 6) is -0.431. The van der Waals surface area contributed by atoms with Gasteiger partial charge in [0.25, 0.3) is 0 Å². The van der Waals surface area contributed by atoms with Crippen LogP contribution in [0.5, 0.6) is 0 Å². The molecule has 1 amide bonds. The van der Waals surface area contributed by atoms with Crippen molar-refractivity contribution in [1.82, 2.24) is 0 Å². The largest absolute Gasteiger partial charge is 0.323 e. The van der Waals surface area contributed by atoms with Crippen LogP contribution in [0.4, 0.5) is 5.69 Å². The summed E-state index contributed by atoms with van der Waals surface area (Å²) in [4.78, 5) is 23.3. The van der Waals surface area contributed by atoms with Gasteiger partial charge in [-0.3, -0.25) is 9.59 Å². The summed E-state index contributed by atoms with van der Waals surface area (Å²) >= 11 is 6.03. The number of nitrogens with one attached hydrogen (secondary N) is 1. The van der Waals surface area contributed by atoms with E-state index < -0.39 is 0 Å². The molecule has 0 unspecified atom stereocenters. The number of halogens is 1. The second kappa shape index (κ2) is 7.38. The molecule has 0 saturated carbocycles. The molecule has 2 rings (SSSR count). The van der Waals surface area contributed by atoms with Crippen molar-refractivity contribution in [2.75, 3.05) is 5.32 Å². The summed E-state index contributed by atoms with van der Waals surface area (Å²) < 4.78 is 0. The number of benzene rings is 2. The van der Waals surface area contributed by atoms with Crippen molar-refractivity contribution in [1.29, 1.82) is 0 Å². The van der Waals surface area contributed by atoms with E-state index in [4.69, 9.17) is 11.6 Å². The Bertz CT molecular complexity index is 733. The molecule has 22 heavy (non-hydrogen) atoms. The van der Waals surface area contributed by atoms with Gasteiger partial charge in [-0.25, -0.2) is 0 Å². The van der Waals surface area contributed by atoms with Gasteiger partial charge in [0, 0.05) is 16.3 Å². The fourth-order valence-corrected chi connectivity index (χ4v) is 1.98. The molecule has 0 bridgehead atoms. The Morgan fingerprint density at radius 3 is 2.36 bits per heavy atom. The molecule has 0 aliphatic carbocycles. The van der Waals surface area contributed by atoms with E-state index in [1.807, 2.05) is 18.2 Å². The third-order valence-corrected chi connectivity index (χ3v) is 3.29. The summed E-state index contributed by atoms with van der Waals surface area (Å²) in [5.41, 5.74) is 1.92. The van der Waals surface area contributed by atoms with Gasteiger partial charge in [0.05, 0.1) is 0 Å². The third-order valence-electron chi connectivity index (χ3n) is 2.94. The molecule has 2 aromatic carbocycles. The quantitative estimate of drug-likeness (QED) is 0.658. The minimum Gasteiger partial charge on any atom is -0.323 e. The van der Waals surface area contributed by atoms with E-state index in [1.165, 1.54) is 12.2 Å². The number of ketones is 1. The Balaban J connectivity index is 2.08. The average Bonchev–Trinajstić information content (AvgIpc) is 2.54. The molecule has 4 heteroatoms. The van der Waals surface area contributed by atoms with Crippen molar-refractivity contribution < 1.29 is 9.59 Å². The van der Waals surface area contributed by atoms with Crippen molar-refractivity contribution in [3.05, 3.63) is 83.4 Å². The first-order valence-electron chi connectivity index (χ1n) is 6.60. The molecule has 1 N–H and O–H groups in total. The molecule has 0 heterocycles. The van der Waals surface area contributed by atoms with Gasteiger partial charge < -0.3 is 5.32 Å². The Labute approximate surface area is 133 Å². The van der Waals surface area contributed by atoms with Gasteiger partial charge in [-0.05, 0) is 54.1 Å². The maximum Gasteiger partial charge on any atom is 0.247 e. The zero-order valence-electron chi connectivity index (χ0n) is 11.8. The maximum absolute atomic E-state index is 12.1. The van der Waals surface area contributed by atoms with Gasteiger partial charge in [0.2, 0.25) is 5.91 Å². The van der Waals surface area contributed by atoms with Crippen LogP contribution in [0, 0.1) is 0 Å². The maximum atomic E-state index is 12.1. The minimum absolute atomic E-state index is 0.137. The molecule has 0 atom stereocenters. The number of amides is 1. The zero-order valence-corrected chi connectivity index (χ0v) is 12.5. The van der Waals surface area contributed by atoms with Crippen LogP contribution in [-0.4, -0.2) is 11.7 Å². The van der Waals surface area contributed by atoms with Crippen LogP contribution in [0.3, 0.4) is 0 Å². The van der Waals surface area contributed by atoms with Crippen molar-refractivity contribution in [2.45, 2.75) is 0 Å². The van der Waals surface area contributed by atoms with Gasteiger partial charge >= 0.3 is 0 Å². The van der Waals surface area contributed by atoms with E-state index in [9.17, 15) is 9.59 Å². The fourth-order valence-electron chi connectivity index (χ4n) is 1.78. The Morgan fingerprint density at radius 1 is 1.05 bits per heavy atom. The van der Waals surface area contributed by atoms with Gasteiger partial charge in [-0.1, -0.05) is 36.4 Å². The van der Waals surface area contributed by atoms with Crippen LogP contribution in [0.2, 0.25) is 5.02 Å². The van der Waals surface area contributed by atoms with E-state index in [1.54, 1.807) is 36.4 Å². The monoisotopic (exact) mass is 311 g/mol. The molecule has 0 spiro atoms. The Hall–Kier alpha value is -2.65. The number of anilines is 1. The summed E-state index contributed by atoms with van der Waals surface area (Å²) in [7, 11) is 0. The summed E-state index contributed by atoms with van der Waals surface area (Å²) in [6, 6.07) is 13.9. The highest BCUT2D eigenvalue weighted by molar-refractivity contribution is 6.32. The molecule has 0 radical (unpaired) electrons. The molecular weight excluding hydrogens is 298 g/mol. The number of hydrogen-bond acceptors (Lipinski definition) is 2. The minimum atomic E-state index is -0.294. The van der Waals surface area contributed by atoms with Gasteiger partial charge in [0.1, 0.15) is 0 Å². The molecule has 0 fully saturated rings. The number of carbonyl (C=O) groups is 2. The Kier molecular flexibility index (Phi) is 5.28. The molecule has 0 aliphatic rings. The van der Waals surface area contributed by atoms with E-state index in [2.05, 4.69) is 11.9 Å². The average molecular weight is 312 g/mol. The summed E-state index contributed by atoms with van der Waals surface area (Å²) in [6.07, 6.45) is 4.34. The first-order chi connectivity index (χ1) is 10.6. The van der Waals surface area contributed by atoms with E-state index >= 15 is 0 Å². The van der Waals surface area contributed by atoms with E-state index in [0.717, 1.165) is 5.56 Å². The fraction of sp³-hybridized carbons (Fsp3) is 0. The van der Waals surface area contributed by atoms with Crippen LogP contribution in [0.15, 0.2) is 67.3 Å². The zero-order chi connectivity index (χ0) is 15.9. The second-order valence-electron chi connectivity index (χ2n) is 4.49. The van der Waals surface area contributed by atoms with Gasteiger partial charge in [0.15, 0.2) is 5.78 Å². The van der Waals surface area contributed by atoms with Crippen LogP contribution >= 0.6 is 11.6 Å².